The molecule has 15 aromatic rings. The summed E-state index contributed by atoms with van der Waals surface area (Å²) < 4.78 is 7.77. The van der Waals surface area contributed by atoms with E-state index < -0.39 is 0 Å². The summed E-state index contributed by atoms with van der Waals surface area (Å²) in [6.45, 7) is 0. The van der Waals surface area contributed by atoms with Crippen LogP contribution in [-0.4, -0.2) is 34.7 Å². The van der Waals surface area contributed by atoms with Crippen molar-refractivity contribution in [1.29, 1.82) is 0 Å². The Bertz CT molecular complexity index is 5310. The molecule has 0 saturated heterocycles. The lowest BCUT2D eigenvalue weighted by Gasteiger charge is -2.42. The molecule has 95 heavy (non-hydrogen) atoms. The second-order valence-corrected chi connectivity index (χ2v) is 27.8. The van der Waals surface area contributed by atoms with Gasteiger partial charge in [-0.25, -0.2) is 15.0 Å². The molecule has 7 nitrogen and oxygen atoms in total. The van der Waals surface area contributed by atoms with Crippen molar-refractivity contribution in [3.05, 3.63) is 278 Å². The number of anilines is 2. The highest BCUT2D eigenvalue weighted by atomic mass is 15.2. The molecule has 0 N–H and O–H groups in total. The van der Waals surface area contributed by atoms with Crippen LogP contribution in [0.4, 0.5) is 11.4 Å². The summed E-state index contributed by atoms with van der Waals surface area (Å²) in [7, 11) is 0. The second kappa shape index (κ2) is 23.3. The molecule has 5 unspecified atom stereocenters. The third-order valence-electron chi connectivity index (χ3n) is 22.6. The molecule has 0 spiro atoms. The molecule has 1 aliphatic heterocycles. The Kier molecular flexibility index (Phi) is 13.8. The first-order valence-electron chi connectivity index (χ1n) is 35.1. The second-order valence-electron chi connectivity index (χ2n) is 27.8. The van der Waals surface area contributed by atoms with Crippen LogP contribution in [0, 0.1) is 0 Å². The molecule has 3 saturated carbocycles. The standard InChI is InChI=1S/C88H75N7/c1-3-20-59(21-4-1)86-89-87(91-88(90-86)65-23-19-27-69(53-65)94-78-33-14-9-28-70(78)71-29-10-15-34-79(71)94)60-40-38-57(39-41-60)61-44-50-84(95-81-36-17-11-30-72(81)73-31-12-18-37-82(73)95)75(54-61)58-42-47-67(48-43-58)92-68-26-8-7-22-64(52-68)76-55-62(45-49-83(76)92)63-46-51-85-77(56-63)74-32-13-16-35-80(74)93(85)66-24-5-2-6-25-66/h1,3-4,9-21,23,27-43,45-49,51,53,55-56,61,64,66,68,75,84H,2,5-8,22,24-26,44,50,52,54H2. The minimum atomic E-state index is 0.270. The van der Waals surface area contributed by atoms with Gasteiger partial charge in [-0.3, -0.25) is 0 Å². The van der Waals surface area contributed by atoms with Crippen LogP contribution in [-0.2, 0) is 0 Å². The molecule has 19 rings (SSSR count). The van der Waals surface area contributed by atoms with Gasteiger partial charge in [0.2, 0.25) is 0 Å². The zero-order valence-electron chi connectivity index (χ0n) is 53.6. The van der Waals surface area contributed by atoms with E-state index in [-0.39, 0.29) is 12.0 Å². The number of nitrogens with zero attached hydrogens (tertiary/aromatic N) is 7. The molecular weight excluding hydrogens is 1160 g/mol. The normalized spacial score (nSPS) is 19.3. The van der Waals surface area contributed by atoms with E-state index in [1.54, 1.807) is 0 Å². The maximum atomic E-state index is 5.31. The van der Waals surface area contributed by atoms with E-state index in [2.05, 4.69) is 273 Å². The Hall–Kier alpha value is -10.4. The Morgan fingerprint density at radius 2 is 0.800 bits per heavy atom. The van der Waals surface area contributed by atoms with Crippen LogP contribution in [0.1, 0.15) is 130 Å². The molecule has 0 amide bonds. The number of hydrogen-bond acceptors (Lipinski definition) is 4. The maximum absolute atomic E-state index is 5.31. The molecule has 4 aliphatic rings. The molecule has 5 heterocycles. The molecule has 0 radical (unpaired) electrons. The molecule has 7 heteroatoms. The van der Waals surface area contributed by atoms with Crippen LogP contribution < -0.4 is 4.90 Å². The summed E-state index contributed by atoms with van der Waals surface area (Å²) in [5, 5.41) is 7.90. The van der Waals surface area contributed by atoms with Gasteiger partial charge < -0.3 is 18.6 Å². The zero-order valence-corrected chi connectivity index (χ0v) is 53.6. The van der Waals surface area contributed by atoms with Gasteiger partial charge in [0, 0.05) is 112 Å². The molecule has 462 valence electrons. The molecule has 3 aliphatic carbocycles. The van der Waals surface area contributed by atoms with Crippen LogP contribution in [0.3, 0.4) is 0 Å². The van der Waals surface area contributed by atoms with Gasteiger partial charge in [-0.1, -0.05) is 214 Å². The SMILES string of the molecule is c1ccc(-c2nc(-c3ccc(C4CCC(n5c6ccccc6c6ccccc65)C(c5ccc(N6c7ccc(-c8ccc9c(c8)c8ccccc8n9C8CCCCC8)cc7C7CCCCC6C7)cc5)C4)cc3)nc(-c3cccc(-n4c5ccccc5c5ccccc54)c3)n2)cc1. The molecule has 4 aromatic heterocycles. The van der Waals surface area contributed by atoms with Crippen molar-refractivity contribution in [2.75, 3.05) is 4.90 Å². The Morgan fingerprint density at radius 3 is 1.48 bits per heavy atom. The van der Waals surface area contributed by atoms with Crippen molar-refractivity contribution < 1.29 is 0 Å². The molecule has 5 atom stereocenters. The fourth-order valence-corrected chi connectivity index (χ4v) is 18.2. The average Bonchev–Trinajstić information content (AvgIpc) is 1.69. The average molecular weight is 1230 g/mol. The maximum Gasteiger partial charge on any atom is 0.164 e. The lowest BCUT2D eigenvalue weighted by atomic mass is 9.72. The topological polar surface area (TPSA) is 56.7 Å². The van der Waals surface area contributed by atoms with Crippen molar-refractivity contribution in [2.45, 2.75) is 119 Å². The van der Waals surface area contributed by atoms with Gasteiger partial charge in [0.1, 0.15) is 0 Å². The minimum absolute atomic E-state index is 0.270. The number of hydrogen-bond donors (Lipinski definition) is 0. The zero-order chi connectivity index (χ0) is 62.5. The van der Waals surface area contributed by atoms with E-state index >= 15 is 0 Å². The van der Waals surface area contributed by atoms with E-state index in [4.69, 9.17) is 15.0 Å². The summed E-state index contributed by atoms with van der Waals surface area (Å²) in [6.07, 6.45) is 16.0. The molecule has 3 fully saturated rings. The quantitative estimate of drug-likeness (QED) is 0.137. The predicted molar refractivity (Wildman–Crippen MR) is 393 cm³/mol. The minimum Gasteiger partial charge on any atom is -0.338 e. The lowest BCUT2D eigenvalue weighted by molar-refractivity contribution is 0.289. The van der Waals surface area contributed by atoms with Crippen molar-refractivity contribution in [1.82, 2.24) is 28.7 Å². The highest BCUT2D eigenvalue weighted by Crippen LogP contribution is 2.53. The number of para-hydroxylation sites is 5. The van der Waals surface area contributed by atoms with Gasteiger partial charge in [0.05, 0.1) is 11.0 Å². The number of benzene rings is 11. The Balaban J connectivity index is 0.660. The van der Waals surface area contributed by atoms with Crippen LogP contribution >= 0.6 is 0 Å². The van der Waals surface area contributed by atoms with Crippen LogP contribution in [0.25, 0.3) is 116 Å². The summed E-state index contributed by atoms with van der Waals surface area (Å²) in [5.74, 6) is 3.16. The van der Waals surface area contributed by atoms with E-state index in [1.165, 1.54) is 169 Å². The van der Waals surface area contributed by atoms with Gasteiger partial charge >= 0.3 is 0 Å². The van der Waals surface area contributed by atoms with Gasteiger partial charge in [-0.2, -0.15) is 0 Å². The first kappa shape index (κ1) is 56.2. The number of aromatic nitrogens is 6. The summed E-state index contributed by atoms with van der Waals surface area (Å²) >= 11 is 0. The first-order chi connectivity index (χ1) is 47.1. The summed E-state index contributed by atoms with van der Waals surface area (Å²) in [4.78, 5) is 18.5. The van der Waals surface area contributed by atoms with Crippen LogP contribution in [0.2, 0.25) is 0 Å². The smallest absolute Gasteiger partial charge is 0.164 e. The fourth-order valence-electron chi connectivity index (χ4n) is 18.2. The van der Waals surface area contributed by atoms with E-state index in [0.29, 0.717) is 41.4 Å². The van der Waals surface area contributed by atoms with Crippen molar-refractivity contribution in [3.8, 4) is 51.0 Å². The van der Waals surface area contributed by atoms with E-state index in [1.807, 2.05) is 6.07 Å². The lowest BCUT2D eigenvalue weighted by Crippen LogP contribution is -2.36. The fraction of sp³-hybridized carbons (Fsp3) is 0.216. The highest BCUT2D eigenvalue weighted by molar-refractivity contribution is 6.11. The third-order valence-corrected chi connectivity index (χ3v) is 22.6. The van der Waals surface area contributed by atoms with Crippen LogP contribution in [0.5, 0.6) is 0 Å². The van der Waals surface area contributed by atoms with Crippen molar-refractivity contribution in [3.63, 3.8) is 0 Å². The van der Waals surface area contributed by atoms with E-state index in [0.717, 1.165) is 41.6 Å². The van der Waals surface area contributed by atoms with Gasteiger partial charge in [-0.05, 0) is 170 Å². The summed E-state index contributed by atoms with van der Waals surface area (Å²) in [5.41, 5.74) is 21.4. The Labute approximate surface area is 555 Å². The van der Waals surface area contributed by atoms with Gasteiger partial charge in [-0.15, -0.1) is 0 Å². The van der Waals surface area contributed by atoms with Crippen LogP contribution in [0.15, 0.2) is 261 Å². The van der Waals surface area contributed by atoms with Gasteiger partial charge in [0.15, 0.2) is 17.5 Å². The largest absolute Gasteiger partial charge is 0.338 e. The predicted octanol–water partition coefficient (Wildman–Crippen LogP) is 23.2. The Morgan fingerprint density at radius 1 is 0.295 bits per heavy atom. The number of rotatable bonds is 10. The van der Waals surface area contributed by atoms with Crippen molar-refractivity contribution >= 4 is 76.8 Å². The monoisotopic (exact) mass is 1230 g/mol. The molecular formula is C88H75N7. The van der Waals surface area contributed by atoms with E-state index in [9.17, 15) is 0 Å². The molecule has 11 aromatic carbocycles. The third kappa shape index (κ3) is 9.62. The number of fused-ring (bicyclic) bond motifs is 13. The van der Waals surface area contributed by atoms with Crippen molar-refractivity contribution in [2.24, 2.45) is 0 Å². The first-order valence-corrected chi connectivity index (χ1v) is 35.1. The van der Waals surface area contributed by atoms with Gasteiger partial charge in [0.25, 0.3) is 0 Å². The molecule has 2 bridgehead atoms. The highest BCUT2D eigenvalue weighted by Gasteiger charge is 2.38. The summed E-state index contributed by atoms with van der Waals surface area (Å²) in [6, 6.07) is 99.1.